The van der Waals surface area contributed by atoms with Gasteiger partial charge in [0.2, 0.25) is 5.91 Å². The normalized spacial score (nSPS) is 15.7. The van der Waals surface area contributed by atoms with Gasteiger partial charge >= 0.3 is 5.69 Å². The average molecular weight is 394 g/mol. The number of hydrogen-bond donors (Lipinski definition) is 1. The minimum Gasteiger partial charge on any atom is -0.477 e. The third-order valence-corrected chi connectivity index (χ3v) is 5.15. The molecule has 0 saturated heterocycles. The summed E-state index contributed by atoms with van der Waals surface area (Å²) in [5.74, 6) is -0.128. The van der Waals surface area contributed by atoms with E-state index in [1.54, 1.807) is 28.8 Å². The third-order valence-electron chi connectivity index (χ3n) is 5.15. The van der Waals surface area contributed by atoms with E-state index in [0.29, 0.717) is 23.5 Å². The zero-order valence-corrected chi connectivity index (χ0v) is 16.3. The maximum absolute atomic E-state index is 13.2. The van der Waals surface area contributed by atoms with Gasteiger partial charge in [-0.2, -0.15) is 0 Å². The number of imidazole rings is 1. The van der Waals surface area contributed by atoms with Crippen LogP contribution in [-0.4, -0.2) is 40.6 Å². The quantitative estimate of drug-likeness (QED) is 0.724. The van der Waals surface area contributed by atoms with Crippen LogP contribution in [0.5, 0.6) is 5.75 Å². The Morgan fingerprint density at radius 1 is 1.07 bits per heavy atom. The smallest absolute Gasteiger partial charge is 0.329 e. The predicted molar refractivity (Wildman–Crippen MR) is 109 cm³/mol. The van der Waals surface area contributed by atoms with Crippen LogP contribution < -0.4 is 20.6 Å². The number of ether oxygens (including phenoxy) is 1. The zero-order valence-electron chi connectivity index (χ0n) is 16.3. The van der Waals surface area contributed by atoms with Crippen molar-refractivity contribution in [2.75, 3.05) is 18.5 Å². The Balaban J connectivity index is 1.72. The van der Waals surface area contributed by atoms with Crippen molar-refractivity contribution in [1.29, 1.82) is 0 Å². The lowest BCUT2D eigenvalue weighted by atomic mass is 10.1. The minimum absolute atomic E-state index is 0.0800. The number of hydrogen-bond acceptors (Lipinski definition) is 4. The molecule has 0 saturated carbocycles. The Labute approximate surface area is 167 Å². The first-order valence-electron chi connectivity index (χ1n) is 9.50. The van der Waals surface area contributed by atoms with E-state index in [2.05, 4.69) is 5.32 Å². The molecule has 2 aromatic carbocycles. The molecule has 3 aromatic rings. The topological polar surface area (TPSA) is 85.6 Å². The van der Waals surface area contributed by atoms with E-state index in [-0.39, 0.29) is 30.6 Å². The van der Waals surface area contributed by atoms with Gasteiger partial charge in [0.15, 0.2) is 6.10 Å². The summed E-state index contributed by atoms with van der Waals surface area (Å²) in [5.41, 5.74) is 1.85. The summed E-state index contributed by atoms with van der Waals surface area (Å²) in [4.78, 5) is 39.8. The second-order valence-electron chi connectivity index (χ2n) is 6.79. The number of nitrogens with zero attached hydrogens (tertiary/aromatic N) is 3. The SMILES string of the molecule is CCn1c(=O)n(CC(=O)N2C[C@@H](C(=O)NC)Oc3ccccc32)c2ccccc21. The minimum atomic E-state index is -0.812. The lowest BCUT2D eigenvalue weighted by Gasteiger charge is -2.34. The van der Waals surface area contributed by atoms with E-state index < -0.39 is 6.10 Å². The number of likely N-dealkylation sites (N-methyl/N-ethyl adjacent to an activating group) is 1. The van der Waals surface area contributed by atoms with Crippen molar-refractivity contribution in [3.8, 4) is 5.75 Å². The molecule has 2 heterocycles. The van der Waals surface area contributed by atoms with E-state index in [9.17, 15) is 14.4 Å². The van der Waals surface area contributed by atoms with E-state index >= 15 is 0 Å². The highest BCUT2D eigenvalue weighted by Crippen LogP contribution is 2.33. The summed E-state index contributed by atoms with van der Waals surface area (Å²) in [6.45, 7) is 2.36. The summed E-state index contributed by atoms with van der Waals surface area (Å²) in [5, 5.41) is 2.56. The number of amides is 2. The van der Waals surface area contributed by atoms with Crippen LogP contribution in [0.2, 0.25) is 0 Å². The van der Waals surface area contributed by atoms with E-state index in [1.165, 1.54) is 16.5 Å². The largest absolute Gasteiger partial charge is 0.477 e. The van der Waals surface area contributed by atoms with Crippen LogP contribution in [0.25, 0.3) is 11.0 Å². The monoisotopic (exact) mass is 394 g/mol. The second kappa shape index (κ2) is 7.46. The molecule has 1 N–H and O–H groups in total. The van der Waals surface area contributed by atoms with Crippen molar-refractivity contribution in [1.82, 2.24) is 14.5 Å². The van der Waals surface area contributed by atoms with Gasteiger partial charge in [-0.1, -0.05) is 24.3 Å². The van der Waals surface area contributed by atoms with Gasteiger partial charge in [0.1, 0.15) is 12.3 Å². The van der Waals surface area contributed by atoms with Gasteiger partial charge in [-0.3, -0.25) is 18.7 Å². The number of para-hydroxylation sites is 4. The number of rotatable bonds is 4. The number of benzene rings is 2. The third kappa shape index (κ3) is 3.16. The van der Waals surface area contributed by atoms with Crippen LogP contribution in [0, 0.1) is 0 Å². The lowest BCUT2D eigenvalue weighted by Crippen LogP contribution is -2.51. The molecule has 0 spiro atoms. The van der Waals surface area contributed by atoms with Gasteiger partial charge < -0.3 is 15.0 Å². The second-order valence-corrected chi connectivity index (χ2v) is 6.79. The fourth-order valence-electron chi connectivity index (χ4n) is 3.72. The number of carbonyl (C=O) groups is 2. The summed E-state index contributed by atoms with van der Waals surface area (Å²) >= 11 is 0. The van der Waals surface area contributed by atoms with Gasteiger partial charge in [0, 0.05) is 13.6 Å². The molecule has 8 nitrogen and oxygen atoms in total. The molecule has 4 rings (SSSR count). The van der Waals surface area contributed by atoms with Gasteiger partial charge in [-0.25, -0.2) is 4.79 Å². The lowest BCUT2D eigenvalue weighted by molar-refractivity contribution is -0.128. The number of carbonyl (C=O) groups excluding carboxylic acids is 2. The molecule has 2 amide bonds. The number of aryl methyl sites for hydroxylation is 1. The molecule has 1 aromatic heterocycles. The number of fused-ring (bicyclic) bond motifs is 2. The van der Waals surface area contributed by atoms with Crippen molar-refractivity contribution >= 4 is 28.5 Å². The Kier molecular flexibility index (Phi) is 4.84. The summed E-state index contributed by atoms with van der Waals surface area (Å²) in [6.07, 6.45) is -0.812. The molecule has 29 heavy (non-hydrogen) atoms. The van der Waals surface area contributed by atoms with Crippen LogP contribution >= 0.6 is 0 Å². The van der Waals surface area contributed by atoms with Gasteiger partial charge in [-0.15, -0.1) is 0 Å². The van der Waals surface area contributed by atoms with Gasteiger partial charge in [0.05, 0.1) is 23.3 Å². The Bertz CT molecular complexity index is 1150. The van der Waals surface area contributed by atoms with E-state index in [4.69, 9.17) is 4.74 Å². The highest BCUT2D eigenvalue weighted by atomic mass is 16.5. The fourth-order valence-corrected chi connectivity index (χ4v) is 3.72. The van der Waals surface area contributed by atoms with E-state index in [0.717, 1.165) is 5.52 Å². The van der Waals surface area contributed by atoms with Crippen LogP contribution in [-0.2, 0) is 22.7 Å². The molecular weight excluding hydrogens is 372 g/mol. The van der Waals surface area contributed by atoms with Crippen molar-refractivity contribution in [3.05, 3.63) is 59.0 Å². The van der Waals surface area contributed by atoms with Crippen molar-refractivity contribution < 1.29 is 14.3 Å². The highest BCUT2D eigenvalue weighted by molar-refractivity contribution is 5.97. The summed E-state index contributed by atoms with van der Waals surface area (Å²) in [6, 6.07) is 14.5. The van der Waals surface area contributed by atoms with E-state index in [1.807, 2.05) is 31.2 Å². The molecule has 0 bridgehead atoms. The summed E-state index contributed by atoms with van der Waals surface area (Å²) < 4.78 is 8.87. The average Bonchev–Trinajstić information content (AvgIpc) is 3.03. The highest BCUT2D eigenvalue weighted by Gasteiger charge is 2.33. The van der Waals surface area contributed by atoms with Crippen molar-refractivity contribution in [3.63, 3.8) is 0 Å². The molecule has 0 fully saturated rings. The Hall–Kier alpha value is -3.55. The first-order valence-corrected chi connectivity index (χ1v) is 9.50. The van der Waals surface area contributed by atoms with Crippen molar-refractivity contribution in [2.45, 2.75) is 26.1 Å². The number of nitrogens with one attached hydrogen (secondary N) is 1. The number of aromatic nitrogens is 2. The molecule has 0 aliphatic carbocycles. The molecule has 8 heteroatoms. The molecule has 1 atom stereocenters. The maximum atomic E-state index is 13.2. The molecule has 0 unspecified atom stereocenters. The number of anilines is 1. The van der Waals surface area contributed by atoms with Crippen LogP contribution in [0.15, 0.2) is 53.3 Å². The first-order chi connectivity index (χ1) is 14.0. The van der Waals surface area contributed by atoms with Crippen molar-refractivity contribution in [2.24, 2.45) is 0 Å². The predicted octanol–water partition coefficient (Wildman–Crippen LogP) is 1.36. The molecule has 1 aliphatic heterocycles. The Morgan fingerprint density at radius 2 is 1.72 bits per heavy atom. The standard InChI is InChI=1S/C21H22N4O4/c1-3-23-14-8-4-5-9-15(14)25(21(23)28)13-19(26)24-12-18(20(27)22-2)29-17-11-7-6-10-16(17)24/h4-11,18H,3,12-13H2,1-2H3,(H,22,27)/t18-/m0/s1. The molecule has 1 aliphatic rings. The summed E-state index contributed by atoms with van der Waals surface area (Å²) in [7, 11) is 1.53. The molecule has 0 radical (unpaired) electrons. The zero-order chi connectivity index (χ0) is 20.5. The van der Waals surface area contributed by atoms with Crippen LogP contribution in [0.3, 0.4) is 0 Å². The van der Waals surface area contributed by atoms with Crippen LogP contribution in [0.1, 0.15) is 6.92 Å². The Morgan fingerprint density at radius 3 is 2.41 bits per heavy atom. The maximum Gasteiger partial charge on any atom is 0.329 e. The first kappa shape index (κ1) is 18.8. The van der Waals surface area contributed by atoms with Gasteiger partial charge in [0.25, 0.3) is 5.91 Å². The van der Waals surface area contributed by atoms with Crippen LogP contribution in [0.4, 0.5) is 5.69 Å². The molecular formula is C21H22N4O4. The fraction of sp³-hybridized carbons (Fsp3) is 0.286. The van der Waals surface area contributed by atoms with Gasteiger partial charge in [-0.05, 0) is 31.2 Å². The molecule has 150 valence electrons.